The maximum absolute atomic E-state index is 12.4. The molecule has 130 valence electrons. The zero-order valence-electron chi connectivity index (χ0n) is 14.5. The molecule has 1 rings (SSSR count). The van der Waals surface area contributed by atoms with E-state index in [2.05, 4.69) is 0 Å². The van der Waals surface area contributed by atoms with Gasteiger partial charge in [-0.1, -0.05) is 0 Å². The van der Waals surface area contributed by atoms with Crippen molar-refractivity contribution in [2.75, 3.05) is 0 Å². The lowest BCUT2D eigenvalue weighted by Crippen LogP contribution is -2.55. The topological polar surface area (TPSA) is 90.0 Å². The number of imide groups is 1. The van der Waals surface area contributed by atoms with Gasteiger partial charge < -0.3 is 14.3 Å². The minimum atomic E-state index is -1.15. The fourth-order valence-electron chi connectivity index (χ4n) is 2.19. The molecule has 0 aromatic carbocycles. The Bertz CT molecular complexity index is 500. The summed E-state index contributed by atoms with van der Waals surface area (Å²) in [5, 5.41) is 0. The predicted octanol–water partition coefficient (Wildman–Crippen LogP) is 2.07. The third-order valence-electron chi connectivity index (χ3n) is 3.00. The molecule has 1 fully saturated rings. The summed E-state index contributed by atoms with van der Waals surface area (Å²) in [5.74, 6) is -1.94. The van der Waals surface area contributed by atoms with Crippen LogP contribution in [0.15, 0.2) is 0 Å². The van der Waals surface area contributed by atoms with E-state index in [0.29, 0.717) is 6.29 Å². The van der Waals surface area contributed by atoms with E-state index < -0.39 is 41.1 Å². The van der Waals surface area contributed by atoms with E-state index >= 15 is 0 Å². The molecule has 2 atom stereocenters. The third kappa shape index (κ3) is 5.65. The van der Waals surface area contributed by atoms with E-state index in [1.807, 2.05) is 0 Å². The highest BCUT2D eigenvalue weighted by atomic mass is 16.6. The van der Waals surface area contributed by atoms with Crippen molar-refractivity contribution >= 4 is 24.3 Å². The van der Waals surface area contributed by atoms with Crippen LogP contribution in [0.25, 0.3) is 0 Å². The second kappa shape index (κ2) is 6.68. The van der Waals surface area contributed by atoms with Gasteiger partial charge in [-0.25, -0.2) is 14.5 Å². The Morgan fingerprint density at radius 2 is 1.61 bits per heavy atom. The first-order valence-electron chi connectivity index (χ1n) is 7.57. The number of esters is 1. The summed E-state index contributed by atoms with van der Waals surface area (Å²) >= 11 is 0. The van der Waals surface area contributed by atoms with Gasteiger partial charge in [-0.05, 0) is 48.0 Å². The number of carbonyl (C=O) groups is 4. The first-order chi connectivity index (χ1) is 10.3. The Balaban J connectivity index is 3.06. The Morgan fingerprint density at radius 1 is 1.09 bits per heavy atom. The van der Waals surface area contributed by atoms with Crippen LogP contribution >= 0.6 is 0 Å². The average Bonchev–Trinajstić information content (AvgIpc) is 2.33. The average molecular weight is 327 g/mol. The minimum Gasteiger partial charge on any atom is -0.458 e. The number of hydrogen-bond donors (Lipinski definition) is 0. The molecule has 0 N–H and O–H groups in total. The molecular formula is C16H25NO6. The summed E-state index contributed by atoms with van der Waals surface area (Å²) in [6.07, 6.45) is -0.352. The normalized spacial score (nSPS) is 22.5. The zero-order valence-corrected chi connectivity index (χ0v) is 14.5. The van der Waals surface area contributed by atoms with Crippen molar-refractivity contribution in [3.8, 4) is 0 Å². The van der Waals surface area contributed by atoms with Crippen LogP contribution in [-0.2, 0) is 23.9 Å². The van der Waals surface area contributed by atoms with Gasteiger partial charge >= 0.3 is 12.1 Å². The SMILES string of the molecule is CC(C)(C)OC(=O)[C@@H]1C[C@@H](C=O)CC(=O)N1C(=O)OC(C)(C)C. The van der Waals surface area contributed by atoms with Crippen LogP contribution < -0.4 is 0 Å². The lowest BCUT2D eigenvalue weighted by molar-refractivity contribution is -0.167. The van der Waals surface area contributed by atoms with E-state index in [0.717, 1.165) is 4.90 Å². The molecule has 0 spiro atoms. The second-order valence-corrected chi connectivity index (χ2v) is 7.63. The van der Waals surface area contributed by atoms with Gasteiger partial charge in [0.2, 0.25) is 5.91 Å². The number of hydrogen-bond acceptors (Lipinski definition) is 6. The van der Waals surface area contributed by atoms with Gasteiger partial charge in [-0.3, -0.25) is 4.79 Å². The number of rotatable bonds is 2. The quantitative estimate of drug-likeness (QED) is 0.570. The van der Waals surface area contributed by atoms with Crippen molar-refractivity contribution in [3.63, 3.8) is 0 Å². The van der Waals surface area contributed by atoms with Crippen LogP contribution in [0.1, 0.15) is 54.4 Å². The Morgan fingerprint density at radius 3 is 2.04 bits per heavy atom. The molecule has 1 saturated heterocycles. The monoisotopic (exact) mass is 327 g/mol. The Labute approximate surface area is 136 Å². The number of amides is 2. The molecule has 7 heteroatoms. The fraction of sp³-hybridized carbons (Fsp3) is 0.750. The van der Waals surface area contributed by atoms with Gasteiger partial charge in [0.25, 0.3) is 0 Å². The molecule has 2 amide bonds. The maximum Gasteiger partial charge on any atom is 0.417 e. The van der Waals surface area contributed by atoms with Crippen LogP contribution in [-0.4, -0.2) is 46.4 Å². The number of likely N-dealkylation sites (tertiary alicyclic amines) is 1. The van der Waals surface area contributed by atoms with E-state index in [4.69, 9.17) is 9.47 Å². The lowest BCUT2D eigenvalue weighted by atomic mass is 9.91. The van der Waals surface area contributed by atoms with Crippen LogP contribution in [0.2, 0.25) is 0 Å². The van der Waals surface area contributed by atoms with Crippen molar-refractivity contribution < 1.29 is 28.7 Å². The van der Waals surface area contributed by atoms with E-state index in [1.165, 1.54) is 0 Å². The molecule has 0 unspecified atom stereocenters. The molecule has 0 radical (unpaired) electrons. The summed E-state index contributed by atoms with van der Waals surface area (Å²) in [6, 6.07) is -1.15. The van der Waals surface area contributed by atoms with Crippen LogP contribution in [0.4, 0.5) is 4.79 Å². The lowest BCUT2D eigenvalue weighted by Gasteiger charge is -2.36. The molecular weight excluding hydrogens is 302 g/mol. The van der Waals surface area contributed by atoms with E-state index in [1.54, 1.807) is 41.5 Å². The Hall–Kier alpha value is -1.92. The first-order valence-corrected chi connectivity index (χ1v) is 7.57. The smallest absolute Gasteiger partial charge is 0.417 e. The molecule has 0 bridgehead atoms. The molecule has 0 aromatic rings. The van der Waals surface area contributed by atoms with Crippen molar-refractivity contribution in [1.29, 1.82) is 0 Å². The molecule has 7 nitrogen and oxygen atoms in total. The summed E-state index contributed by atoms with van der Waals surface area (Å²) in [5.41, 5.74) is -1.58. The molecule has 0 saturated carbocycles. The molecule has 0 aromatic heterocycles. The molecule has 1 heterocycles. The van der Waals surface area contributed by atoms with E-state index in [-0.39, 0.29) is 12.8 Å². The van der Waals surface area contributed by atoms with Gasteiger partial charge in [0.1, 0.15) is 23.5 Å². The van der Waals surface area contributed by atoms with Gasteiger partial charge in [0.15, 0.2) is 0 Å². The highest BCUT2D eigenvalue weighted by Gasteiger charge is 2.44. The van der Waals surface area contributed by atoms with Gasteiger partial charge in [0, 0.05) is 12.3 Å². The summed E-state index contributed by atoms with van der Waals surface area (Å²) < 4.78 is 10.5. The van der Waals surface area contributed by atoms with Crippen LogP contribution in [0, 0.1) is 5.92 Å². The van der Waals surface area contributed by atoms with Crippen molar-refractivity contribution in [1.82, 2.24) is 4.90 Å². The highest BCUT2D eigenvalue weighted by molar-refractivity contribution is 5.99. The van der Waals surface area contributed by atoms with Crippen molar-refractivity contribution in [2.24, 2.45) is 5.92 Å². The van der Waals surface area contributed by atoms with E-state index in [9.17, 15) is 19.2 Å². The summed E-state index contributed by atoms with van der Waals surface area (Å²) in [7, 11) is 0. The first kappa shape index (κ1) is 19.1. The largest absolute Gasteiger partial charge is 0.458 e. The van der Waals surface area contributed by atoms with Crippen LogP contribution in [0.5, 0.6) is 0 Å². The fourth-order valence-corrected chi connectivity index (χ4v) is 2.19. The van der Waals surface area contributed by atoms with Crippen LogP contribution in [0.3, 0.4) is 0 Å². The molecule has 0 aliphatic carbocycles. The molecule has 1 aliphatic heterocycles. The summed E-state index contributed by atoms with van der Waals surface area (Å²) in [4.78, 5) is 48.7. The van der Waals surface area contributed by atoms with Gasteiger partial charge in [-0.2, -0.15) is 0 Å². The Kier molecular flexibility index (Phi) is 5.56. The number of carbonyl (C=O) groups excluding carboxylic acids is 4. The molecule has 23 heavy (non-hydrogen) atoms. The number of aldehydes is 1. The predicted molar refractivity (Wildman–Crippen MR) is 81.5 cm³/mol. The summed E-state index contributed by atoms with van der Waals surface area (Å²) in [6.45, 7) is 10.0. The third-order valence-corrected chi connectivity index (χ3v) is 3.00. The second-order valence-electron chi connectivity index (χ2n) is 7.63. The number of ether oxygens (including phenoxy) is 2. The highest BCUT2D eigenvalue weighted by Crippen LogP contribution is 2.27. The maximum atomic E-state index is 12.4. The van der Waals surface area contributed by atoms with Gasteiger partial charge in [0.05, 0.1) is 0 Å². The molecule has 1 aliphatic rings. The number of nitrogens with zero attached hydrogens (tertiary/aromatic N) is 1. The standard InChI is InChI=1S/C16H25NO6/c1-15(2,3)22-13(20)11-7-10(9-18)8-12(19)17(11)14(21)23-16(4,5)6/h9-11H,7-8H2,1-6H3/t10-,11+/m1/s1. The number of piperidine rings is 1. The van der Waals surface area contributed by atoms with Gasteiger partial charge in [-0.15, -0.1) is 0 Å². The van der Waals surface area contributed by atoms with Crippen molar-refractivity contribution in [2.45, 2.75) is 71.6 Å². The minimum absolute atomic E-state index is 0.0450. The zero-order chi connectivity index (χ0) is 18.0. The van der Waals surface area contributed by atoms with Crippen molar-refractivity contribution in [3.05, 3.63) is 0 Å².